The van der Waals surface area contributed by atoms with Crippen LogP contribution in [0.15, 0.2) is 46.9 Å². The Kier molecular flexibility index (Phi) is 3.87. The van der Waals surface area contributed by atoms with Crippen LogP contribution < -0.4 is 5.73 Å². The highest BCUT2D eigenvalue weighted by Crippen LogP contribution is 2.61. The van der Waals surface area contributed by atoms with Gasteiger partial charge in [-0.25, -0.2) is 4.39 Å². The number of hydrogen-bond acceptors (Lipinski definition) is 3. The van der Waals surface area contributed by atoms with Crippen molar-refractivity contribution in [2.75, 3.05) is 0 Å². The second-order valence-corrected chi connectivity index (χ2v) is 7.42. The zero-order chi connectivity index (χ0) is 17.7. The van der Waals surface area contributed by atoms with Gasteiger partial charge in [-0.2, -0.15) is 0 Å². The van der Waals surface area contributed by atoms with E-state index in [-0.39, 0.29) is 23.3 Å². The Labute approximate surface area is 152 Å². The van der Waals surface area contributed by atoms with E-state index in [0.29, 0.717) is 4.47 Å². The number of primary amides is 1. The van der Waals surface area contributed by atoms with E-state index < -0.39 is 23.8 Å². The molecule has 0 radical (unpaired) electrons. The average Bonchev–Trinajstić information content (AvgIpc) is 3.15. The molecule has 25 heavy (non-hydrogen) atoms. The maximum Gasteiger partial charge on any atom is 0.311 e. The molecule has 0 bridgehead atoms. The smallest absolute Gasteiger partial charge is 0.311 e. The molecule has 128 valence electrons. The lowest BCUT2D eigenvalue weighted by molar-refractivity contribution is -0.157. The van der Waals surface area contributed by atoms with Gasteiger partial charge in [-0.1, -0.05) is 46.3 Å². The van der Waals surface area contributed by atoms with Gasteiger partial charge in [0.15, 0.2) is 0 Å². The Morgan fingerprint density at radius 2 is 2.00 bits per heavy atom. The van der Waals surface area contributed by atoms with Gasteiger partial charge in [0, 0.05) is 16.0 Å². The Balaban J connectivity index is 1.53. The molecular formula is C19H15BrFNO3. The topological polar surface area (TPSA) is 69.4 Å². The van der Waals surface area contributed by atoms with E-state index >= 15 is 0 Å². The SMILES string of the molecule is NC(=O)C(OC(=O)C1C2Cc3ccccc3C21)c1ccc(Br)cc1F. The number of amides is 1. The van der Waals surface area contributed by atoms with Gasteiger partial charge in [0.25, 0.3) is 5.91 Å². The average molecular weight is 404 g/mol. The molecule has 4 unspecified atom stereocenters. The normalized spacial score (nSPS) is 24.2. The summed E-state index contributed by atoms with van der Waals surface area (Å²) in [6, 6.07) is 12.2. The molecule has 2 N–H and O–H groups in total. The summed E-state index contributed by atoms with van der Waals surface area (Å²) in [5.74, 6) is -1.97. The second kappa shape index (κ2) is 5.95. The molecule has 0 aromatic heterocycles. The van der Waals surface area contributed by atoms with Crippen molar-refractivity contribution in [3.05, 3.63) is 69.4 Å². The van der Waals surface area contributed by atoms with Crippen LogP contribution in [0.25, 0.3) is 0 Å². The first kappa shape index (κ1) is 16.3. The monoisotopic (exact) mass is 403 g/mol. The van der Waals surface area contributed by atoms with E-state index in [1.54, 1.807) is 6.07 Å². The number of halogens is 2. The van der Waals surface area contributed by atoms with Crippen LogP contribution in [0.5, 0.6) is 0 Å². The lowest BCUT2D eigenvalue weighted by atomic mass is 10.0. The number of carbonyl (C=O) groups excluding carboxylic acids is 2. The predicted molar refractivity (Wildman–Crippen MR) is 92.0 cm³/mol. The van der Waals surface area contributed by atoms with Crippen LogP contribution in [0.4, 0.5) is 4.39 Å². The molecule has 6 heteroatoms. The van der Waals surface area contributed by atoms with Crippen molar-refractivity contribution in [1.82, 2.24) is 0 Å². The first-order valence-electron chi connectivity index (χ1n) is 8.00. The fraction of sp³-hybridized carbons (Fsp3) is 0.263. The molecule has 1 amide bonds. The summed E-state index contributed by atoms with van der Waals surface area (Å²) in [5, 5.41) is 0. The molecule has 0 aliphatic heterocycles. The number of hydrogen-bond donors (Lipinski definition) is 1. The summed E-state index contributed by atoms with van der Waals surface area (Å²) in [4.78, 5) is 24.3. The molecule has 2 aliphatic carbocycles. The predicted octanol–water partition coefficient (Wildman–Crippen LogP) is 3.24. The number of benzene rings is 2. The van der Waals surface area contributed by atoms with Crippen molar-refractivity contribution in [3.8, 4) is 0 Å². The molecule has 2 aromatic carbocycles. The standard InChI is InChI=1S/C19H15BrFNO3/c20-10-5-6-12(14(21)8-10)17(18(22)23)25-19(24)16-13-7-9-3-1-2-4-11(9)15(13)16/h1-6,8,13,15-17H,7H2,(H2,22,23). The van der Waals surface area contributed by atoms with Gasteiger partial charge in [-0.15, -0.1) is 0 Å². The number of rotatable bonds is 4. The van der Waals surface area contributed by atoms with Crippen molar-refractivity contribution >= 4 is 27.8 Å². The van der Waals surface area contributed by atoms with Crippen LogP contribution in [-0.4, -0.2) is 11.9 Å². The van der Waals surface area contributed by atoms with Gasteiger partial charge in [-0.3, -0.25) is 9.59 Å². The minimum absolute atomic E-state index is 0.0322. The fourth-order valence-electron chi connectivity index (χ4n) is 3.86. The maximum absolute atomic E-state index is 14.1. The van der Waals surface area contributed by atoms with Gasteiger partial charge in [0.05, 0.1) is 5.92 Å². The van der Waals surface area contributed by atoms with Crippen LogP contribution in [0.3, 0.4) is 0 Å². The highest BCUT2D eigenvalue weighted by atomic mass is 79.9. The minimum Gasteiger partial charge on any atom is -0.447 e. The summed E-state index contributed by atoms with van der Waals surface area (Å²) in [7, 11) is 0. The van der Waals surface area contributed by atoms with Crippen LogP contribution >= 0.6 is 15.9 Å². The Bertz CT molecular complexity index is 885. The molecule has 0 saturated heterocycles. The minimum atomic E-state index is -1.42. The summed E-state index contributed by atoms with van der Waals surface area (Å²) in [6.07, 6.45) is -0.591. The lowest BCUT2D eigenvalue weighted by Gasteiger charge is -2.17. The van der Waals surface area contributed by atoms with Crippen LogP contribution in [-0.2, 0) is 20.7 Å². The summed E-state index contributed by atoms with van der Waals surface area (Å²) < 4.78 is 20.0. The van der Waals surface area contributed by atoms with Crippen molar-refractivity contribution in [1.29, 1.82) is 0 Å². The molecule has 2 aliphatic rings. The van der Waals surface area contributed by atoms with Crippen molar-refractivity contribution in [2.24, 2.45) is 17.6 Å². The van der Waals surface area contributed by atoms with Gasteiger partial charge >= 0.3 is 5.97 Å². The molecule has 0 spiro atoms. The third kappa shape index (κ3) is 2.74. The van der Waals surface area contributed by atoms with Crippen LogP contribution in [0.1, 0.15) is 28.7 Å². The molecule has 1 saturated carbocycles. The quantitative estimate of drug-likeness (QED) is 0.796. The Morgan fingerprint density at radius 1 is 1.24 bits per heavy atom. The third-order valence-electron chi connectivity index (χ3n) is 5.05. The lowest BCUT2D eigenvalue weighted by Crippen LogP contribution is -2.28. The summed E-state index contributed by atoms with van der Waals surface area (Å²) in [6.45, 7) is 0. The van der Waals surface area contributed by atoms with Crippen LogP contribution in [0.2, 0.25) is 0 Å². The molecule has 4 rings (SSSR count). The van der Waals surface area contributed by atoms with E-state index in [1.165, 1.54) is 23.3 Å². The molecule has 4 atom stereocenters. The highest BCUT2D eigenvalue weighted by Gasteiger charge is 2.60. The fourth-order valence-corrected chi connectivity index (χ4v) is 4.19. The number of ether oxygens (including phenoxy) is 1. The van der Waals surface area contributed by atoms with Crippen LogP contribution in [0, 0.1) is 17.7 Å². The summed E-state index contributed by atoms with van der Waals surface area (Å²) in [5.41, 5.74) is 7.73. The zero-order valence-corrected chi connectivity index (χ0v) is 14.7. The molecule has 1 fully saturated rings. The number of fused-ring (bicyclic) bond motifs is 3. The molecule has 0 heterocycles. The van der Waals surface area contributed by atoms with E-state index in [4.69, 9.17) is 10.5 Å². The second-order valence-electron chi connectivity index (χ2n) is 6.50. The number of esters is 1. The number of carbonyl (C=O) groups is 2. The van der Waals surface area contributed by atoms with Gasteiger partial charge in [-0.05, 0) is 35.6 Å². The number of nitrogens with two attached hydrogens (primary N) is 1. The van der Waals surface area contributed by atoms with E-state index in [1.807, 2.05) is 18.2 Å². The first-order chi connectivity index (χ1) is 12.0. The molecule has 4 nitrogen and oxygen atoms in total. The third-order valence-corrected chi connectivity index (χ3v) is 5.54. The van der Waals surface area contributed by atoms with Crippen molar-refractivity contribution in [2.45, 2.75) is 18.4 Å². The molecular weight excluding hydrogens is 389 g/mol. The van der Waals surface area contributed by atoms with E-state index in [0.717, 1.165) is 6.42 Å². The molecule has 2 aromatic rings. The highest BCUT2D eigenvalue weighted by molar-refractivity contribution is 9.10. The van der Waals surface area contributed by atoms with E-state index in [2.05, 4.69) is 22.0 Å². The van der Waals surface area contributed by atoms with Gasteiger partial charge in [0.2, 0.25) is 6.10 Å². The zero-order valence-electron chi connectivity index (χ0n) is 13.1. The van der Waals surface area contributed by atoms with Gasteiger partial charge in [0.1, 0.15) is 5.82 Å². The summed E-state index contributed by atoms with van der Waals surface area (Å²) >= 11 is 3.15. The first-order valence-corrected chi connectivity index (χ1v) is 8.79. The van der Waals surface area contributed by atoms with Gasteiger partial charge < -0.3 is 10.5 Å². The Hall–Kier alpha value is -2.21. The van der Waals surface area contributed by atoms with E-state index in [9.17, 15) is 14.0 Å². The maximum atomic E-state index is 14.1. The largest absolute Gasteiger partial charge is 0.447 e. The van der Waals surface area contributed by atoms with Crippen molar-refractivity contribution in [3.63, 3.8) is 0 Å². The van der Waals surface area contributed by atoms with Crippen molar-refractivity contribution < 1.29 is 18.7 Å². The Morgan fingerprint density at radius 3 is 2.72 bits per heavy atom.